The highest BCUT2D eigenvalue weighted by Gasteiger charge is 2.10. The van der Waals surface area contributed by atoms with Gasteiger partial charge in [-0.15, -0.1) is 0 Å². The number of hydrogen-bond acceptors (Lipinski definition) is 4. The van der Waals surface area contributed by atoms with Gasteiger partial charge in [-0.1, -0.05) is 0 Å². The predicted octanol–water partition coefficient (Wildman–Crippen LogP) is 1.85. The minimum atomic E-state index is -0.356. The summed E-state index contributed by atoms with van der Waals surface area (Å²) in [5.74, 6) is -0.712. The van der Waals surface area contributed by atoms with E-state index in [4.69, 9.17) is 0 Å². The van der Waals surface area contributed by atoms with Gasteiger partial charge in [-0.2, -0.15) is 10.2 Å². The van der Waals surface area contributed by atoms with E-state index in [0.717, 1.165) is 22.8 Å². The molecule has 0 atom stereocenters. The fourth-order valence-corrected chi connectivity index (χ4v) is 1.99. The highest BCUT2D eigenvalue weighted by molar-refractivity contribution is 5.98. The van der Waals surface area contributed by atoms with Crippen LogP contribution in [0.1, 0.15) is 32.4 Å². The molecule has 6 heteroatoms. The molecule has 0 saturated carbocycles. The van der Waals surface area contributed by atoms with Gasteiger partial charge >= 0.3 is 0 Å². The third-order valence-electron chi connectivity index (χ3n) is 2.81. The average Bonchev–Trinajstić information content (AvgIpc) is 2.88. The standard InChI is InChI=1S/C14H16N4O2/c1-9-7-11(3)17(15-9)13(19)5-6-14(20)18-12(4)8-10(2)16-18/h5-8H,1-4H3/b6-5+. The Bertz CT molecular complexity index is 647. The van der Waals surface area contributed by atoms with E-state index >= 15 is 0 Å². The van der Waals surface area contributed by atoms with Gasteiger partial charge in [0.2, 0.25) is 0 Å². The highest BCUT2D eigenvalue weighted by Crippen LogP contribution is 2.04. The minimum absolute atomic E-state index is 0.356. The second-order valence-electron chi connectivity index (χ2n) is 4.69. The molecule has 0 N–H and O–H groups in total. The van der Waals surface area contributed by atoms with E-state index in [1.807, 2.05) is 13.8 Å². The van der Waals surface area contributed by atoms with Crippen LogP contribution < -0.4 is 0 Å². The first-order valence-corrected chi connectivity index (χ1v) is 6.22. The molecule has 0 fully saturated rings. The van der Waals surface area contributed by atoms with E-state index in [0.29, 0.717) is 0 Å². The maximum Gasteiger partial charge on any atom is 0.271 e. The van der Waals surface area contributed by atoms with Crippen LogP contribution in [0.4, 0.5) is 0 Å². The molecule has 2 rings (SSSR count). The summed E-state index contributed by atoms with van der Waals surface area (Å²) in [5.41, 5.74) is 2.98. The van der Waals surface area contributed by atoms with E-state index in [1.54, 1.807) is 26.0 Å². The third kappa shape index (κ3) is 2.74. The molecule has 0 aliphatic carbocycles. The van der Waals surface area contributed by atoms with Crippen LogP contribution >= 0.6 is 0 Å². The van der Waals surface area contributed by atoms with Crippen LogP contribution in [0, 0.1) is 27.7 Å². The van der Waals surface area contributed by atoms with Crippen molar-refractivity contribution < 1.29 is 9.59 Å². The van der Waals surface area contributed by atoms with Crippen molar-refractivity contribution in [2.75, 3.05) is 0 Å². The van der Waals surface area contributed by atoms with Crippen LogP contribution in [-0.4, -0.2) is 31.4 Å². The fourth-order valence-electron chi connectivity index (χ4n) is 1.99. The maximum atomic E-state index is 11.9. The minimum Gasteiger partial charge on any atom is -0.267 e. The molecule has 0 bridgehead atoms. The lowest BCUT2D eigenvalue weighted by Gasteiger charge is -1.99. The first kappa shape index (κ1) is 13.9. The summed E-state index contributed by atoms with van der Waals surface area (Å²) >= 11 is 0. The average molecular weight is 272 g/mol. The molecule has 6 nitrogen and oxygen atoms in total. The molecule has 0 spiro atoms. The van der Waals surface area contributed by atoms with Crippen molar-refractivity contribution in [1.82, 2.24) is 19.6 Å². The number of nitrogens with zero attached hydrogens (tertiary/aromatic N) is 4. The third-order valence-corrected chi connectivity index (χ3v) is 2.81. The van der Waals surface area contributed by atoms with E-state index in [-0.39, 0.29) is 11.8 Å². The first-order valence-electron chi connectivity index (χ1n) is 6.22. The number of hydrogen-bond donors (Lipinski definition) is 0. The number of aromatic nitrogens is 4. The van der Waals surface area contributed by atoms with E-state index in [2.05, 4.69) is 10.2 Å². The number of carbonyl (C=O) groups is 2. The quantitative estimate of drug-likeness (QED) is 0.782. The molecule has 0 aromatic carbocycles. The number of aryl methyl sites for hydroxylation is 4. The van der Waals surface area contributed by atoms with E-state index in [9.17, 15) is 9.59 Å². The molecule has 0 saturated heterocycles. The van der Waals surface area contributed by atoms with Gasteiger partial charge in [-0.05, 0) is 39.8 Å². The SMILES string of the molecule is Cc1cc(C)n(C(=O)/C=C/C(=O)n2nc(C)cc2C)n1. The molecule has 0 radical (unpaired) electrons. The van der Waals surface area contributed by atoms with Crippen LogP contribution in [0.25, 0.3) is 0 Å². The molecule has 0 aliphatic rings. The second kappa shape index (κ2) is 5.24. The van der Waals surface area contributed by atoms with Crippen LogP contribution in [-0.2, 0) is 0 Å². The van der Waals surface area contributed by atoms with Gasteiger partial charge in [0.05, 0.1) is 11.4 Å². The van der Waals surface area contributed by atoms with Gasteiger partial charge in [0.15, 0.2) is 0 Å². The summed E-state index contributed by atoms with van der Waals surface area (Å²) in [5, 5.41) is 8.13. The summed E-state index contributed by atoms with van der Waals surface area (Å²) in [6.45, 7) is 7.19. The zero-order valence-corrected chi connectivity index (χ0v) is 11.9. The molecule has 20 heavy (non-hydrogen) atoms. The molecular formula is C14H16N4O2. The lowest BCUT2D eigenvalue weighted by molar-refractivity contribution is 0.0924. The van der Waals surface area contributed by atoms with E-state index in [1.165, 1.54) is 21.5 Å². The maximum absolute atomic E-state index is 11.9. The molecule has 0 amide bonds. The monoisotopic (exact) mass is 272 g/mol. The Morgan fingerprint density at radius 1 is 0.850 bits per heavy atom. The van der Waals surface area contributed by atoms with Crippen LogP contribution in [0.15, 0.2) is 24.3 Å². The summed E-state index contributed by atoms with van der Waals surface area (Å²) in [4.78, 5) is 23.9. The summed E-state index contributed by atoms with van der Waals surface area (Å²) in [6, 6.07) is 3.60. The Balaban J connectivity index is 2.17. The molecule has 2 aromatic rings. The van der Waals surface area contributed by atoms with Crippen molar-refractivity contribution in [3.8, 4) is 0 Å². The lowest BCUT2D eigenvalue weighted by atomic mass is 10.4. The van der Waals surface area contributed by atoms with Gasteiger partial charge in [-0.3, -0.25) is 9.59 Å². The van der Waals surface area contributed by atoms with Crippen molar-refractivity contribution in [2.45, 2.75) is 27.7 Å². The Morgan fingerprint density at radius 3 is 1.45 bits per heavy atom. The van der Waals surface area contributed by atoms with E-state index < -0.39 is 0 Å². The molecule has 2 heterocycles. The Kier molecular flexibility index (Phi) is 3.65. The zero-order chi connectivity index (χ0) is 14.9. The van der Waals surface area contributed by atoms with Crippen LogP contribution in [0.2, 0.25) is 0 Å². The van der Waals surface area contributed by atoms with Gasteiger partial charge in [0.25, 0.3) is 11.8 Å². The largest absolute Gasteiger partial charge is 0.271 e. The molecule has 2 aromatic heterocycles. The highest BCUT2D eigenvalue weighted by atomic mass is 16.2. The summed E-state index contributed by atoms with van der Waals surface area (Å²) < 4.78 is 2.53. The summed E-state index contributed by atoms with van der Waals surface area (Å²) in [6.07, 6.45) is 2.41. The number of carbonyl (C=O) groups excluding carboxylic acids is 2. The smallest absolute Gasteiger partial charge is 0.267 e. The van der Waals surface area contributed by atoms with Gasteiger partial charge < -0.3 is 0 Å². The molecule has 0 unspecified atom stereocenters. The molecule has 104 valence electrons. The van der Waals surface area contributed by atoms with Gasteiger partial charge in [0.1, 0.15) is 0 Å². The van der Waals surface area contributed by atoms with Crippen molar-refractivity contribution in [1.29, 1.82) is 0 Å². The Morgan fingerprint density at radius 2 is 1.20 bits per heavy atom. The topological polar surface area (TPSA) is 69.8 Å². The zero-order valence-electron chi connectivity index (χ0n) is 11.9. The van der Waals surface area contributed by atoms with Crippen molar-refractivity contribution in [2.24, 2.45) is 0 Å². The van der Waals surface area contributed by atoms with Gasteiger partial charge in [-0.25, -0.2) is 9.36 Å². The Labute approximate surface area is 116 Å². The second-order valence-corrected chi connectivity index (χ2v) is 4.69. The van der Waals surface area contributed by atoms with Crippen LogP contribution in [0.3, 0.4) is 0 Å². The normalized spacial score (nSPS) is 11.2. The molecule has 0 aliphatic heterocycles. The van der Waals surface area contributed by atoms with Crippen molar-refractivity contribution in [3.63, 3.8) is 0 Å². The molecular weight excluding hydrogens is 256 g/mol. The lowest BCUT2D eigenvalue weighted by Crippen LogP contribution is -2.14. The predicted molar refractivity (Wildman–Crippen MR) is 73.8 cm³/mol. The number of rotatable bonds is 2. The van der Waals surface area contributed by atoms with Crippen molar-refractivity contribution >= 4 is 11.8 Å². The number of allylic oxidation sites excluding steroid dienone is 2. The van der Waals surface area contributed by atoms with Crippen LogP contribution in [0.5, 0.6) is 0 Å². The van der Waals surface area contributed by atoms with Gasteiger partial charge in [0, 0.05) is 23.5 Å². The van der Waals surface area contributed by atoms with Crippen molar-refractivity contribution in [3.05, 3.63) is 47.1 Å². The fraction of sp³-hybridized carbons (Fsp3) is 0.286. The Hall–Kier alpha value is -2.50. The first-order chi connectivity index (χ1) is 9.38. The summed E-state index contributed by atoms with van der Waals surface area (Å²) in [7, 11) is 0.